The maximum Gasteiger partial charge on any atom is 0.330 e. The summed E-state index contributed by atoms with van der Waals surface area (Å²) in [5, 5.41) is 7.60. The summed E-state index contributed by atoms with van der Waals surface area (Å²) in [5.41, 5.74) is 0.730. The molecular formula is C22H32O5. The van der Waals surface area contributed by atoms with Crippen molar-refractivity contribution in [1.82, 2.24) is 0 Å². The van der Waals surface area contributed by atoms with Gasteiger partial charge in [-0.25, -0.2) is 9.59 Å². The molecule has 1 rings (SSSR count). The number of carboxylic acid groups (broad SMARTS) is 1. The first-order valence-corrected chi connectivity index (χ1v) is 8.65. The Hall–Kier alpha value is -2.82. The molecular weight excluding hydrogens is 344 g/mol. The van der Waals surface area contributed by atoms with Gasteiger partial charge < -0.3 is 14.6 Å². The molecule has 5 heteroatoms. The highest BCUT2D eigenvalue weighted by Crippen LogP contribution is 2.13. The van der Waals surface area contributed by atoms with Crippen molar-refractivity contribution in [3.05, 3.63) is 61.7 Å². The second-order valence-electron chi connectivity index (χ2n) is 6.26. The smallest absolute Gasteiger partial charge is 0.330 e. The van der Waals surface area contributed by atoms with E-state index in [4.69, 9.17) is 14.6 Å². The largest absolute Gasteiger partial charge is 0.494 e. The van der Waals surface area contributed by atoms with E-state index in [-0.39, 0.29) is 5.97 Å². The number of hydrogen-bond acceptors (Lipinski definition) is 4. The van der Waals surface area contributed by atoms with Crippen molar-refractivity contribution in [3.8, 4) is 5.75 Å². The maximum absolute atomic E-state index is 10.5. The van der Waals surface area contributed by atoms with Crippen molar-refractivity contribution in [1.29, 1.82) is 0 Å². The van der Waals surface area contributed by atoms with Gasteiger partial charge in [-0.3, -0.25) is 0 Å². The zero-order valence-electron chi connectivity index (χ0n) is 16.9. The van der Waals surface area contributed by atoms with E-state index in [9.17, 15) is 9.59 Å². The van der Waals surface area contributed by atoms with Crippen molar-refractivity contribution < 1.29 is 24.2 Å². The third-order valence-electron chi connectivity index (χ3n) is 2.63. The van der Waals surface area contributed by atoms with E-state index in [2.05, 4.69) is 26.7 Å². The van der Waals surface area contributed by atoms with Gasteiger partial charge in [0.25, 0.3) is 0 Å². The molecule has 27 heavy (non-hydrogen) atoms. The monoisotopic (exact) mass is 376 g/mol. The van der Waals surface area contributed by atoms with Crippen LogP contribution in [0.4, 0.5) is 0 Å². The number of unbranched alkanes of at least 4 members (excludes halogenated alkanes) is 1. The topological polar surface area (TPSA) is 72.8 Å². The predicted octanol–water partition coefficient (Wildman–Crippen LogP) is 5.28. The van der Waals surface area contributed by atoms with E-state index in [0.29, 0.717) is 0 Å². The Balaban J connectivity index is 0. The Morgan fingerprint density at radius 1 is 1.07 bits per heavy atom. The Morgan fingerprint density at radius 3 is 1.89 bits per heavy atom. The summed E-state index contributed by atoms with van der Waals surface area (Å²) in [6, 6.07) is 7.97. The molecule has 0 unspecified atom stereocenters. The number of carbonyl (C=O) groups excluding carboxylic acids is 1. The van der Waals surface area contributed by atoms with E-state index in [0.717, 1.165) is 36.5 Å². The van der Waals surface area contributed by atoms with Gasteiger partial charge in [0.1, 0.15) is 11.4 Å². The quantitative estimate of drug-likeness (QED) is 0.398. The van der Waals surface area contributed by atoms with Crippen LogP contribution in [0.5, 0.6) is 5.75 Å². The number of carbonyl (C=O) groups is 2. The van der Waals surface area contributed by atoms with Gasteiger partial charge in [-0.05, 0) is 44.9 Å². The van der Waals surface area contributed by atoms with Crippen molar-refractivity contribution >= 4 is 18.0 Å². The molecule has 0 bridgehead atoms. The van der Waals surface area contributed by atoms with Gasteiger partial charge in [-0.2, -0.15) is 0 Å². The normalized spacial score (nSPS) is 9.33. The highest BCUT2D eigenvalue weighted by molar-refractivity contribution is 5.81. The van der Waals surface area contributed by atoms with Gasteiger partial charge >= 0.3 is 11.9 Å². The van der Waals surface area contributed by atoms with Crippen LogP contribution >= 0.6 is 0 Å². The van der Waals surface area contributed by atoms with Crippen LogP contribution in [0.1, 0.15) is 46.1 Å². The summed E-state index contributed by atoms with van der Waals surface area (Å²) >= 11 is 0. The summed E-state index contributed by atoms with van der Waals surface area (Å²) < 4.78 is 10.3. The summed E-state index contributed by atoms with van der Waals surface area (Å²) in [6.45, 7) is 18.3. The number of ether oxygens (including phenoxy) is 2. The highest BCUT2D eigenvalue weighted by atomic mass is 16.6. The molecule has 0 saturated heterocycles. The van der Waals surface area contributed by atoms with Crippen LogP contribution in [0, 0.1) is 0 Å². The molecule has 0 aliphatic heterocycles. The lowest BCUT2D eigenvalue weighted by Crippen LogP contribution is -2.22. The minimum Gasteiger partial charge on any atom is -0.494 e. The molecule has 0 radical (unpaired) electrons. The number of aliphatic carboxylic acids is 1. The molecule has 1 aromatic carbocycles. The van der Waals surface area contributed by atoms with Gasteiger partial charge in [-0.15, -0.1) is 0 Å². The zero-order chi connectivity index (χ0) is 21.3. The fraction of sp³-hybridized carbons (Fsp3) is 0.364. The van der Waals surface area contributed by atoms with Crippen LogP contribution in [-0.2, 0) is 14.3 Å². The molecule has 0 aliphatic rings. The highest BCUT2D eigenvalue weighted by Gasteiger charge is 2.12. The number of carboxylic acids is 1. The van der Waals surface area contributed by atoms with Crippen LogP contribution in [0.15, 0.2) is 56.2 Å². The summed E-state index contributed by atoms with van der Waals surface area (Å²) in [7, 11) is 0. The molecule has 0 aromatic heterocycles. The molecule has 1 aromatic rings. The Bertz CT molecular complexity index is 580. The van der Waals surface area contributed by atoms with Crippen LogP contribution in [0.25, 0.3) is 6.08 Å². The second kappa shape index (κ2) is 15.4. The fourth-order valence-corrected chi connectivity index (χ4v) is 1.38. The summed E-state index contributed by atoms with van der Waals surface area (Å²) in [6.07, 6.45) is 6.11. The maximum atomic E-state index is 10.5. The standard InChI is InChI=1S/C12H16O.C7H12O2.C3H4O2/c1-3-5-10-13-12-8-6-11(4-2)7-9-12;1-5-6(8)9-7(2,3)4;1-2-3(4)5/h4,6-9H,2-3,5,10H2,1H3;5H,1H2,2-4H3;2H,1H2,(H,4,5). The molecule has 0 spiro atoms. The van der Waals surface area contributed by atoms with Crippen molar-refractivity contribution in [3.63, 3.8) is 0 Å². The van der Waals surface area contributed by atoms with Gasteiger partial charge in [0.2, 0.25) is 0 Å². The first-order chi connectivity index (χ1) is 12.6. The third-order valence-corrected chi connectivity index (χ3v) is 2.63. The molecule has 0 heterocycles. The van der Waals surface area contributed by atoms with Crippen LogP contribution in [-0.4, -0.2) is 29.3 Å². The molecule has 1 N–H and O–H groups in total. The lowest BCUT2D eigenvalue weighted by atomic mass is 10.2. The van der Waals surface area contributed by atoms with E-state index in [1.807, 2.05) is 51.1 Å². The Morgan fingerprint density at radius 2 is 1.59 bits per heavy atom. The van der Waals surface area contributed by atoms with E-state index < -0.39 is 11.6 Å². The van der Waals surface area contributed by atoms with Gasteiger partial charge in [0.05, 0.1) is 6.61 Å². The van der Waals surface area contributed by atoms with Gasteiger partial charge in [-0.1, -0.05) is 51.3 Å². The predicted molar refractivity (Wildman–Crippen MR) is 111 cm³/mol. The fourth-order valence-electron chi connectivity index (χ4n) is 1.38. The SMILES string of the molecule is C=CC(=O)O.C=CC(=O)OC(C)(C)C.C=Cc1ccc(OCCCC)cc1. The lowest BCUT2D eigenvalue weighted by Gasteiger charge is -2.17. The first-order valence-electron chi connectivity index (χ1n) is 8.65. The average Bonchev–Trinajstić information content (AvgIpc) is 2.62. The average molecular weight is 376 g/mol. The van der Waals surface area contributed by atoms with Gasteiger partial charge in [0.15, 0.2) is 0 Å². The molecule has 5 nitrogen and oxygen atoms in total. The molecule has 0 amide bonds. The minimum absolute atomic E-state index is 0.373. The molecule has 0 fully saturated rings. The van der Waals surface area contributed by atoms with Gasteiger partial charge in [0, 0.05) is 12.2 Å². The van der Waals surface area contributed by atoms with Crippen molar-refractivity contribution in [2.75, 3.05) is 6.61 Å². The van der Waals surface area contributed by atoms with E-state index in [1.54, 1.807) is 0 Å². The zero-order valence-corrected chi connectivity index (χ0v) is 16.9. The summed E-state index contributed by atoms with van der Waals surface area (Å²) in [5.74, 6) is -0.411. The number of rotatable bonds is 7. The number of hydrogen-bond donors (Lipinski definition) is 1. The Kier molecular flexibility index (Phi) is 15.1. The lowest BCUT2D eigenvalue weighted by molar-refractivity contribution is -0.148. The molecule has 0 aliphatic carbocycles. The molecule has 0 saturated carbocycles. The minimum atomic E-state index is -0.981. The van der Waals surface area contributed by atoms with Crippen molar-refractivity contribution in [2.45, 2.75) is 46.1 Å². The van der Waals surface area contributed by atoms with Crippen LogP contribution < -0.4 is 4.74 Å². The molecule has 0 atom stereocenters. The summed E-state index contributed by atoms with van der Waals surface area (Å²) in [4.78, 5) is 19.7. The third kappa shape index (κ3) is 19.4. The second-order valence-corrected chi connectivity index (χ2v) is 6.26. The van der Waals surface area contributed by atoms with Crippen LogP contribution in [0.2, 0.25) is 0 Å². The van der Waals surface area contributed by atoms with Crippen molar-refractivity contribution in [2.24, 2.45) is 0 Å². The first kappa shape index (κ1) is 26.4. The number of esters is 1. The number of benzene rings is 1. The Labute approximate surface area is 163 Å². The molecule has 150 valence electrons. The van der Waals surface area contributed by atoms with E-state index >= 15 is 0 Å². The van der Waals surface area contributed by atoms with E-state index in [1.165, 1.54) is 6.42 Å². The van der Waals surface area contributed by atoms with Crippen LogP contribution in [0.3, 0.4) is 0 Å².